The number of aryl methyl sites for hydroxylation is 1. The second-order valence-corrected chi connectivity index (χ2v) is 3.32. The van der Waals surface area contributed by atoms with Gasteiger partial charge in [-0.1, -0.05) is 0 Å². The monoisotopic (exact) mass is 218 g/mol. The first-order chi connectivity index (χ1) is 7.66. The van der Waals surface area contributed by atoms with Crippen LogP contribution in [0, 0.1) is 17.0 Å². The summed E-state index contributed by atoms with van der Waals surface area (Å²) in [5.41, 5.74) is 3.58. The van der Waals surface area contributed by atoms with Crippen molar-refractivity contribution in [2.75, 3.05) is 5.43 Å². The van der Waals surface area contributed by atoms with Gasteiger partial charge in [-0.15, -0.1) is 0 Å². The van der Waals surface area contributed by atoms with Crippen molar-refractivity contribution >= 4 is 11.5 Å². The Morgan fingerprint density at radius 1 is 1.44 bits per heavy atom. The van der Waals surface area contributed by atoms with E-state index in [4.69, 9.17) is 0 Å². The third-order valence-electron chi connectivity index (χ3n) is 2.13. The molecule has 0 radical (unpaired) electrons. The molecular formula is C10H10N4O2. The smallest absolute Gasteiger partial charge is 0.278 e. The highest BCUT2D eigenvalue weighted by molar-refractivity contribution is 5.46. The molecule has 6 nitrogen and oxygen atoms in total. The van der Waals surface area contributed by atoms with Crippen LogP contribution < -0.4 is 5.43 Å². The van der Waals surface area contributed by atoms with Crippen molar-refractivity contribution in [2.24, 2.45) is 0 Å². The van der Waals surface area contributed by atoms with Crippen molar-refractivity contribution in [3.63, 3.8) is 0 Å². The second-order valence-electron chi connectivity index (χ2n) is 3.32. The third-order valence-corrected chi connectivity index (χ3v) is 2.13. The minimum atomic E-state index is -0.443. The van der Waals surface area contributed by atoms with Crippen molar-refractivity contribution < 1.29 is 4.92 Å². The van der Waals surface area contributed by atoms with Crippen LogP contribution in [0.5, 0.6) is 0 Å². The molecule has 0 aliphatic heterocycles. The molecule has 2 rings (SSSR count). The summed E-state index contributed by atoms with van der Waals surface area (Å²) in [6.07, 6.45) is 4.89. The number of anilines is 1. The number of nitrogens with zero attached hydrogens (tertiary/aromatic N) is 3. The molecule has 0 atom stereocenters. The summed E-state index contributed by atoms with van der Waals surface area (Å²) in [5, 5.41) is 10.6. The molecule has 1 N–H and O–H groups in total. The molecule has 2 aromatic rings. The molecule has 0 saturated heterocycles. The highest BCUT2D eigenvalue weighted by Gasteiger charge is 2.11. The molecule has 0 fully saturated rings. The number of rotatable bonds is 3. The van der Waals surface area contributed by atoms with Crippen molar-refractivity contribution in [1.82, 2.24) is 9.66 Å². The van der Waals surface area contributed by atoms with Crippen molar-refractivity contribution in [3.8, 4) is 0 Å². The van der Waals surface area contributed by atoms with Crippen LogP contribution in [0.25, 0.3) is 0 Å². The first kappa shape index (κ1) is 10.2. The Morgan fingerprint density at radius 3 is 2.69 bits per heavy atom. The SMILES string of the molecule is Cc1cc(Nn2cccc2)ncc1[N+](=O)[O-]. The van der Waals surface area contributed by atoms with E-state index in [-0.39, 0.29) is 5.69 Å². The molecule has 0 aliphatic carbocycles. The zero-order valence-electron chi connectivity index (χ0n) is 8.62. The Bertz CT molecular complexity index is 508. The fourth-order valence-electron chi connectivity index (χ4n) is 1.34. The predicted molar refractivity (Wildman–Crippen MR) is 59.1 cm³/mol. The van der Waals surface area contributed by atoms with Crippen LogP contribution in [-0.2, 0) is 0 Å². The molecule has 0 amide bonds. The standard InChI is InChI=1S/C10H10N4O2/c1-8-6-10(11-7-9(8)14(15)16)12-13-4-2-3-5-13/h2-7H,1H3,(H,11,12). The fraction of sp³-hybridized carbons (Fsp3) is 0.100. The molecule has 0 aromatic carbocycles. The van der Waals surface area contributed by atoms with Crippen LogP contribution in [0.1, 0.15) is 5.56 Å². The van der Waals surface area contributed by atoms with E-state index in [2.05, 4.69) is 10.4 Å². The Kier molecular flexibility index (Phi) is 2.55. The number of aromatic nitrogens is 2. The number of nitro groups is 1. The van der Waals surface area contributed by atoms with E-state index in [0.717, 1.165) is 0 Å². The van der Waals surface area contributed by atoms with E-state index in [1.54, 1.807) is 17.7 Å². The van der Waals surface area contributed by atoms with Gasteiger partial charge in [0.1, 0.15) is 12.0 Å². The lowest BCUT2D eigenvalue weighted by molar-refractivity contribution is -0.385. The topological polar surface area (TPSA) is 73.0 Å². The van der Waals surface area contributed by atoms with Crippen molar-refractivity contribution in [3.05, 3.63) is 52.5 Å². The van der Waals surface area contributed by atoms with Gasteiger partial charge in [0.05, 0.1) is 4.92 Å². The predicted octanol–water partition coefficient (Wildman–Crippen LogP) is 1.97. The molecule has 82 valence electrons. The molecular weight excluding hydrogens is 208 g/mol. The number of hydrogen-bond donors (Lipinski definition) is 1. The summed E-state index contributed by atoms with van der Waals surface area (Å²) in [5.74, 6) is 0.569. The highest BCUT2D eigenvalue weighted by atomic mass is 16.6. The van der Waals surface area contributed by atoms with Crippen molar-refractivity contribution in [1.29, 1.82) is 0 Å². The van der Waals surface area contributed by atoms with Crippen LogP contribution in [0.3, 0.4) is 0 Å². The molecule has 6 heteroatoms. The second kappa shape index (κ2) is 4.01. The quantitative estimate of drug-likeness (QED) is 0.631. The minimum absolute atomic E-state index is 0.0260. The molecule has 0 spiro atoms. The van der Waals surface area contributed by atoms with Crippen LogP contribution in [-0.4, -0.2) is 14.6 Å². The number of pyridine rings is 1. The van der Waals surface area contributed by atoms with Crippen LogP contribution >= 0.6 is 0 Å². The molecule has 0 unspecified atom stereocenters. The zero-order valence-corrected chi connectivity index (χ0v) is 8.62. The molecule has 2 heterocycles. The maximum absolute atomic E-state index is 10.6. The van der Waals surface area contributed by atoms with Gasteiger partial charge in [-0.3, -0.25) is 20.2 Å². The molecule has 0 aliphatic rings. The van der Waals surface area contributed by atoms with E-state index in [9.17, 15) is 10.1 Å². The first-order valence-electron chi connectivity index (χ1n) is 4.68. The largest absolute Gasteiger partial charge is 0.290 e. The Morgan fingerprint density at radius 2 is 2.12 bits per heavy atom. The van der Waals surface area contributed by atoms with Gasteiger partial charge in [-0.25, -0.2) is 4.98 Å². The Balaban J connectivity index is 2.24. The van der Waals surface area contributed by atoms with Crippen LogP contribution in [0.2, 0.25) is 0 Å². The summed E-state index contributed by atoms with van der Waals surface area (Å²) >= 11 is 0. The molecule has 16 heavy (non-hydrogen) atoms. The van der Waals surface area contributed by atoms with Gasteiger partial charge in [0.2, 0.25) is 0 Å². The third kappa shape index (κ3) is 2.00. The minimum Gasteiger partial charge on any atom is -0.278 e. The van der Waals surface area contributed by atoms with E-state index in [1.807, 2.05) is 24.5 Å². The maximum Gasteiger partial charge on any atom is 0.290 e. The molecule has 2 aromatic heterocycles. The Hall–Kier alpha value is -2.37. The average Bonchev–Trinajstić information content (AvgIpc) is 2.70. The summed E-state index contributed by atoms with van der Waals surface area (Å²) in [7, 11) is 0. The zero-order chi connectivity index (χ0) is 11.5. The van der Waals surface area contributed by atoms with Gasteiger partial charge in [-0.2, -0.15) is 0 Å². The van der Waals surface area contributed by atoms with Gasteiger partial charge >= 0.3 is 0 Å². The molecule has 0 bridgehead atoms. The summed E-state index contributed by atoms with van der Waals surface area (Å²) in [4.78, 5) is 14.1. The normalized spacial score (nSPS) is 10.1. The van der Waals surface area contributed by atoms with Crippen LogP contribution in [0.4, 0.5) is 11.5 Å². The lowest BCUT2D eigenvalue weighted by Gasteiger charge is -2.06. The fourth-order valence-corrected chi connectivity index (χ4v) is 1.34. The van der Waals surface area contributed by atoms with Crippen molar-refractivity contribution in [2.45, 2.75) is 6.92 Å². The van der Waals surface area contributed by atoms with Gasteiger partial charge in [-0.05, 0) is 25.1 Å². The lowest BCUT2D eigenvalue weighted by Crippen LogP contribution is -2.07. The summed E-state index contributed by atoms with van der Waals surface area (Å²) < 4.78 is 1.72. The summed E-state index contributed by atoms with van der Waals surface area (Å²) in [6.45, 7) is 1.68. The lowest BCUT2D eigenvalue weighted by atomic mass is 10.2. The number of nitrogens with one attached hydrogen (secondary N) is 1. The number of hydrogen-bond acceptors (Lipinski definition) is 4. The summed E-state index contributed by atoms with van der Waals surface area (Å²) in [6, 6.07) is 5.37. The highest BCUT2D eigenvalue weighted by Crippen LogP contribution is 2.18. The van der Waals surface area contributed by atoms with E-state index in [1.165, 1.54) is 6.20 Å². The van der Waals surface area contributed by atoms with Gasteiger partial charge in [0.25, 0.3) is 5.69 Å². The van der Waals surface area contributed by atoms with Gasteiger partial charge in [0, 0.05) is 18.0 Å². The van der Waals surface area contributed by atoms with E-state index in [0.29, 0.717) is 11.4 Å². The van der Waals surface area contributed by atoms with E-state index >= 15 is 0 Å². The molecule has 0 saturated carbocycles. The Labute approximate surface area is 91.7 Å². The van der Waals surface area contributed by atoms with Gasteiger partial charge in [0.15, 0.2) is 0 Å². The maximum atomic E-state index is 10.6. The average molecular weight is 218 g/mol. The first-order valence-corrected chi connectivity index (χ1v) is 4.68. The van der Waals surface area contributed by atoms with E-state index < -0.39 is 4.92 Å². The van der Waals surface area contributed by atoms with Crippen LogP contribution in [0.15, 0.2) is 36.8 Å². The van der Waals surface area contributed by atoms with Gasteiger partial charge < -0.3 is 0 Å².